The van der Waals surface area contributed by atoms with Gasteiger partial charge in [-0.3, -0.25) is 4.55 Å². The molecule has 0 aliphatic rings. The van der Waals surface area contributed by atoms with E-state index in [0.717, 1.165) is 25.7 Å². The smallest absolute Gasteiger partial charge is 0.264 e. The first kappa shape index (κ1) is 30.9. The summed E-state index contributed by atoms with van der Waals surface area (Å²) in [6.07, 6.45) is 28.2. The Kier molecular flexibility index (Phi) is 22.9. The first-order valence-corrected chi connectivity index (χ1v) is 15.0. The lowest BCUT2D eigenvalue weighted by Crippen LogP contribution is -2.14. The second-order valence-electron chi connectivity index (χ2n) is 9.52. The molecular formula is C26H54O4S. The molecule has 188 valence electrons. The molecule has 1 N–H and O–H groups in total. The van der Waals surface area contributed by atoms with Gasteiger partial charge in [-0.1, -0.05) is 142 Å². The fourth-order valence-corrected chi connectivity index (χ4v) is 4.70. The van der Waals surface area contributed by atoms with E-state index in [1.165, 1.54) is 116 Å². The van der Waals surface area contributed by atoms with E-state index in [2.05, 4.69) is 13.8 Å². The van der Waals surface area contributed by atoms with E-state index >= 15 is 0 Å². The van der Waals surface area contributed by atoms with Crippen molar-refractivity contribution in [3.63, 3.8) is 0 Å². The fourth-order valence-electron chi connectivity index (χ4n) is 4.33. The maximum atomic E-state index is 10.9. The summed E-state index contributed by atoms with van der Waals surface area (Å²) in [5, 5.41) is 0. The third-order valence-electron chi connectivity index (χ3n) is 6.38. The molecule has 0 fully saturated rings. The Morgan fingerprint density at radius 2 is 0.839 bits per heavy atom. The first-order valence-electron chi connectivity index (χ1n) is 13.6. The minimum Gasteiger partial charge on any atom is -0.264 e. The van der Waals surface area contributed by atoms with E-state index in [0.29, 0.717) is 0 Å². The maximum Gasteiger partial charge on any atom is 0.397 e. The van der Waals surface area contributed by atoms with Crippen LogP contribution in [0.5, 0.6) is 0 Å². The number of unbranched alkanes of at least 4 members (excludes halogenated alkanes) is 18. The predicted molar refractivity (Wildman–Crippen MR) is 134 cm³/mol. The van der Waals surface area contributed by atoms with Crippen molar-refractivity contribution < 1.29 is 17.2 Å². The van der Waals surface area contributed by atoms with Gasteiger partial charge < -0.3 is 0 Å². The van der Waals surface area contributed by atoms with Crippen LogP contribution < -0.4 is 0 Å². The second kappa shape index (κ2) is 23.0. The van der Waals surface area contributed by atoms with Crippen LogP contribution in [0.15, 0.2) is 0 Å². The van der Waals surface area contributed by atoms with Crippen molar-refractivity contribution in [3.05, 3.63) is 0 Å². The minimum atomic E-state index is -4.32. The van der Waals surface area contributed by atoms with Crippen LogP contribution in [0.25, 0.3) is 0 Å². The molecule has 0 spiro atoms. The highest BCUT2D eigenvalue weighted by molar-refractivity contribution is 7.80. The summed E-state index contributed by atoms with van der Waals surface area (Å²) >= 11 is 0. The molecule has 0 aromatic carbocycles. The molecule has 5 heteroatoms. The molecule has 0 bridgehead atoms. The van der Waals surface area contributed by atoms with Crippen molar-refractivity contribution in [2.45, 2.75) is 155 Å². The van der Waals surface area contributed by atoms with E-state index in [1.54, 1.807) is 0 Å². The monoisotopic (exact) mass is 462 g/mol. The molecule has 31 heavy (non-hydrogen) atoms. The molecular weight excluding hydrogens is 408 g/mol. The summed E-state index contributed by atoms with van der Waals surface area (Å²) in [5.41, 5.74) is 0. The first-order chi connectivity index (χ1) is 15.0. The van der Waals surface area contributed by atoms with E-state index in [1.807, 2.05) is 0 Å². The van der Waals surface area contributed by atoms with E-state index in [4.69, 9.17) is 8.74 Å². The van der Waals surface area contributed by atoms with Gasteiger partial charge in [0.05, 0.1) is 6.61 Å². The highest BCUT2D eigenvalue weighted by Crippen LogP contribution is 2.20. The molecule has 0 aromatic heterocycles. The van der Waals surface area contributed by atoms with Gasteiger partial charge in [-0.2, -0.15) is 8.42 Å². The summed E-state index contributed by atoms with van der Waals surface area (Å²) in [6.45, 7) is 4.63. The Morgan fingerprint density at radius 3 is 1.13 bits per heavy atom. The van der Waals surface area contributed by atoms with Gasteiger partial charge in [-0.05, 0) is 18.8 Å². The van der Waals surface area contributed by atoms with Crippen molar-refractivity contribution in [2.24, 2.45) is 5.92 Å². The number of rotatable bonds is 25. The minimum absolute atomic E-state index is 0.132. The van der Waals surface area contributed by atoms with Crippen molar-refractivity contribution in [2.75, 3.05) is 6.61 Å². The Balaban J connectivity index is 3.72. The highest BCUT2D eigenvalue weighted by atomic mass is 32.3. The standard InChI is InChI=1S/C26H54O4S/c1-3-5-7-9-11-12-13-14-15-16-18-20-22-24-26(25-30-31(27,28)29)23-21-19-17-10-8-6-4-2/h26H,3-25H2,1-2H3,(H,27,28,29). The van der Waals surface area contributed by atoms with Gasteiger partial charge in [0.25, 0.3) is 0 Å². The molecule has 0 saturated carbocycles. The highest BCUT2D eigenvalue weighted by Gasteiger charge is 2.13. The van der Waals surface area contributed by atoms with Gasteiger partial charge in [0.2, 0.25) is 0 Å². The van der Waals surface area contributed by atoms with Gasteiger partial charge in [0, 0.05) is 0 Å². The van der Waals surface area contributed by atoms with Crippen molar-refractivity contribution in [1.82, 2.24) is 0 Å². The van der Waals surface area contributed by atoms with Gasteiger partial charge in [0.15, 0.2) is 0 Å². The largest absolute Gasteiger partial charge is 0.397 e. The molecule has 0 amide bonds. The Labute approximate surface area is 195 Å². The van der Waals surface area contributed by atoms with Crippen molar-refractivity contribution >= 4 is 10.4 Å². The Hall–Kier alpha value is -0.130. The van der Waals surface area contributed by atoms with Crippen LogP contribution in [0, 0.1) is 5.92 Å². The zero-order chi connectivity index (χ0) is 23.0. The van der Waals surface area contributed by atoms with Crippen LogP contribution in [0.3, 0.4) is 0 Å². The van der Waals surface area contributed by atoms with E-state index in [9.17, 15) is 8.42 Å². The van der Waals surface area contributed by atoms with Crippen LogP contribution in [-0.2, 0) is 14.6 Å². The zero-order valence-corrected chi connectivity index (χ0v) is 21.7. The van der Waals surface area contributed by atoms with Crippen molar-refractivity contribution in [1.29, 1.82) is 0 Å². The molecule has 0 aliphatic heterocycles. The molecule has 0 aliphatic carbocycles. The SMILES string of the molecule is CCCCCCCCCCCCCCCC(CCCCCCCCC)COS(=O)(=O)O. The Morgan fingerprint density at radius 1 is 0.548 bits per heavy atom. The second-order valence-corrected chi connectivity index (χ2v) is 10.6. The third-order valence-corrected chi connectivity index (χ3v) is 6.82. The molecule has 0 aromatic rings. The van der Waals surface area contributed by atoms with Crippen molar-refractivity contribution in [3.8, 4) is 0 Å². The van der Waals surface area contributed by atoms with Gasteiger partial charge in [-0.25, -0.2) is 4.18 Å². The lowest BCUT2D eigenvalue weighted by Gasteiger charge is -2.16. The number of hydrogen-bond acceptors (Lipinski definition) is 3. The number of hydrogen-bond donors (Lipinski definition) is 1. The van der Waals surface area contributed by atoms with Gasteiger partial charge >= 0.3 is 10.4 Å². The summed E-state index contributed by atoms with van der Waals surface area (Å²) in [5.74, 6) is 0.241. The zero-order valence-electron chi connectivity index (χ0n) is 20.9. The molecule has 0 saturated heterocycles. The van der Waals surface area contributed by atoms with Crippen LogP contribution in [0.1, 0.15) is 155 Å². The van der Waals surface area contributed by atoms with E-state index in [-0.39, 0.29) is 12.5 Å². The lowest BCUT2D eigenvalue weighted by atomic mass is 9.94. The topological polar surface area (TPSA) is 63.6 Å². The predicted octanol–water partition coefficient (Wildman–Crippen LogP) is 9.04. The quantitative estimate of drug-likeness (QED) is 0.108. The summed E-state index contributed by atoms with van der Waals surface area (Å²) in [7, 11) is -4.32. The summed E-state index contributed by atoms with van der Waals surface area (Å²) in [4.78, 5) is 0. The van der Waals surface area contributed by atoms with Gasteiger partial charge in [-0.15, -0.1) is 0 Å². The molecule has 0 radical (unpaired) electrons. The van der Waals surface area contributed by atoms with Crippen LogP contribution >= 0.6 is 0 Å². The van der Waals surface area contributed by atoms with Crippen LogP contribution in [-0.4, -0.2) is 19.6 Å². The Bertz CT molecular complexity index is 450. The van der Waals surface area contributed by atoms with E-state index < -0.39 is 10.4 Å². The lowest BCUT2D eigenvalue weighted by molar-refractivity contribution is 0.204. The van der Waals surface area contributed by atoms with Gasteiger partial charge in [0.1, 0.15) is 0 Å². The maximum absolute atomic E-state index is 10.9. The van der Waals surface area contributed by atoms with Crippen LogP contribution in [0.2, 0.25) is 0 Å². The molecule has 0 heterocycles. The third kappa shape index (κ3) is 26.0. The summed E-state index contributed by atoms with van der Waals surface area (Å²) in [6, 6.07) is 0. The fraction of sp³-hybridized carbons (Fsp3) is 1.00. The average molecular weight is 463 g/mol. The molecule has 1 atom stereocenters. The summed E-state index contributed by atoms with van der Waals surface area (Å²) < 4.78 is 35.5. The molecule has 0 rings (SSSR count). The molecule has 1 unspecified atom stereocenters. The average Bonchev–Trinajstić information content (AvgIpc) is 2.73. The molecule has 4 nitrogen and oxygen atoms in total. The van der Waals surface area contributed by atoms with Crippen LogP contribution in [0.4, 0.5) is 0 Å². The normalized spacial score (nSPS) is 13.0.